The molecule has 0 aliphatic rings. The third kappa shape index (κ3) is 3.59. The summed E-state index contributed by atoms with van der Waals surface area (Å²) < 4.78 is 16.2. The normalized spacial score (nSPS) is 10.8. The number of nitrogens with zero attached hydrogens (tertiary/aromatic N) is 4. The van der Waals surface area contributed by atoms with E-state index in [1.54, 1.807) is 6.20 Å². The maximum absolute atomic E-state index is 14.2. The zero-order valence-corrected chi connectivity index (χ0v) is 13.8. The van der Waals surface area contributed by atoms with Crippen molar-refractivity contribution in [3.63, 3.8) is 0 Å². The molecule has 0 saturated carbocycles. The molecule has 0 amide bonds. The highest BCUT2D eigenvalue weighted by atomic mass is 19.1. The highest BCUT2D eigenvalue weighted by molar-refractivity contribution is 5.38. The number of benzene rings is 1. The predicted molar refractivity (Wildman–Crippen MR) is 91.2 cm³/mol. The lowest BCUT2D eigenvalue weighted by atomic mass is 10.1. The number of rotatable bonds is 6. The third-order valence-electron chi connectivity index (χ3n) is 3.92. The Hall–Kier alpha value is -2.76. The summed E-state index contributed by atoms with van der Waals surface area (Å²) in [6.07, 6.45) is 5.69. The fourth-order valence-corrected chi connectivity index (χ4v) is 2.57. The van der Waals surface area contributed by atoms with Crippen molar-refractivity contribution >= 4 is 5.82 Å². The summed E-state index contributed by atoms with van der Waals surface area (Å²) in [5.41, 5.74) is 2.67. The lowest BCUT2D eigenvalue weighted by Crippen LogP contribution is -2.07. The van der Waals surface area contributed by atoms with Crippen molar-refractivity contribution in [2.24, 2.45) is 0 Å². The van der Waals surface area contributed by atoms with Crippen molar-refractivity contribution in [2.45, 2.75) is 33.4 Å². The Morgan fingerprint density at radius 2 is 2.00 bits per heavy atom. The molecule has 24 heavy (non-hydrogen) atoms. The number of aromatic nitrogens is 4. The lowest BCUT2D eigenvalue weighted by molar-refractivity contribution is 0.596. The van der Waals surface area contributed by atoms with Crippen LogP contribution >= 0.6 is 0 Å². The molecule has 5 nitrogen and oxygen atoms in total. The quantitative estimate of drug-likeness (QED) is 0.755. The fraction of sp³-hybridized carbons (Fsp3) is 0.278. The van der Waals surface area contributed by atoms with Crippen molar-refractivity contribution in [1.29, 1.82) is 0 Å². The van der Waals surface area contributed by atoms with Crippen LogP contribution in [0, 0.1) is 12.7 Å². The van der Waals surface area contributed by atoms with Crippen LogP contribution in [-0.2, 0) is 19.5 Å². The predicted octanol–water partition coefficient (Wildman–Crippen LogP) is 3.34. The van der Waals surface area contributed by atoms with Crippen LogP contribution in [-0.4, -0.2) is 19.5 Å². The zero-order valence-electron chi connectivity index (χ0n) is 13.8. The second kappa shape index (κ2) is 7.21. The van der Waals surface area contributed by atoms with Crippen LogP contribution in [0.25, 0.3) is 0 Å². The van der Waals surface area contributed by atoms with E-state index < -0.39 is 0 Å². The molecule has 0 atom stereocenters. The number of hydrogen-bond acceptors (Lipinski definition) is 4. The second-order valence-electron chi connectivity index (χ2n) is 5.61. The minimum atomic E-state index is -0.370. The van der Waals surface area contributed by atoms with Crippen LogP contribution in [0.3, 0.4) is 0 Å². The van der Waals surface area contributed by atoms with Gasteiger partial charge in [0, 0.05) is 25.5 Å². The van der Waals surface area contributed by atoms with Crippen molar-refractivity contribution in [2.75, 3.05) is 5.32 Å². The van der Waals surface area contributed by atoms with Gasteiger partial charge >= 0.3 is 0 Å². The maximum atomic E-state index is 14.2. The van der Waals surface area contributed by atoms with Crippen LogP contribution in [0.2, 0.25) is 0 Å². The summed E-state index contributed by atoms with van der Waals surface area (Å²) in [6, 6.07) is 8.19. The summed E-state index contributed by atoms with van der Waals surface area (Å²) in [7, 11) is 0. The van der Waals surface area contributed by atoms with Gasteiger partial charge in [-0.2, -0.15) is 0 Å². The molecular weight excluding hydrogens is 305 g/mol. The van der Waals surface area contributed by atoms with Gasteiger partial charge in [-0.25, -0.2) is 19.3 Å². The number of aryl methyl sites for hydroxylation is 2. The second-order valence-corrected chi connectivity index (χ2v) is 5.61. The number of hydrogen-bond donors (Lipinski definition) is 1. The van der Waals surface area contributed by atoms with E-state index in [1.807, 2.05) is 32.2 Å². The van der Waals surface area contributed by atoms with Crippen LogP contribution in [0.4, 0.5) is 10.2 Å². The van der Waals surface area contributed by atoms with Gasteiger partial charge in [0.1, 0.15) is 12.2 Å². The molecule has 0 aliphatic carbocycles. The summed E-state index contributed by atoms with van der Waals surface area (Å²) in [5.74, 6) is 0.858. The van der Waals surface area contributed by atoms with Crippen LogP contribution in [0.5, 0.6) is 0 Å². The minimum absolute atomic E-state index is 0.248. The number of imidazole rings is 1. The van der Waals surface area contributed by atoms with Gasteiger partial charge in [-0.3, -0.25) is 0 Å². The first-order valence-electron chi connectivity index (χ1n) is 7.96. The van der Waals surface area contributed by atoms with Gasteiger partial charge < -0.3 is 9.88 Å². The number of anilines is 1. The van der Waals surface area contributed by atoms with Crippen molar-refractivity contribution in [3.05, 3.63) is 71.4 Å². The molecule has 0 spiro atoms. The molecule has 3 rings (SSSR count). The van der Waals surface area contributed by atoms with Gasteiger partial charge in [-0.15, -0.1) is 0 Å². The Bertz CT molecular complexity index is 828. The molecule has 3 aromatic rings. The minimum Gasteiger partial charge on any atom is -0.363 e. The van der Waals surface area contributed by atoms with Crippen molar-refractivity contribution < 1.29 is 4.39 Å². The Labute approximate surface area is 140 Å². The van der Waals surface area contributed by atoms with Crippen LogP contribution < -0.4 is 5.32 Å². The molecule has 1 aromatic carbocycles. The highest BCUT2D eigenvalue weighted by Crippen LogP contribution is 2.15. The first-order chi connectivity index (χ1) is 11.7. The summed E-state index contributed by atoms with van der Waals surface area (Å²) >= 11 is 0. The topological polar surface area (TPSA) is 55.6 Å². The van der Waals surface area contributed by atoms with E-state index in [1.165, 1.54) is 11.9 Å². The first kappa shape index (κ1) is 16.1. The Balaban J connectivity index is 1.70. The molecule has 1 N–H and O–H groups in total. The van der Waals surface area contributed by atoms with Gasteiger partial charge in [0.25, 0.3) is 0 Å². The summed E-state index contributed by atoms with van der Waals surface area (Å²) in [5, 5.41) is 3.06. The molecule has 0 unspecified atom stereocenters. The molecule has 0 fully saturated rings. The standard InChI is InChI=1S/C18H20FN5/c1-3-16-17(19)18(23-12-22-16)21-10-14-5-4-6-15(9-14)11-24-8-7-20-13(24)2/h4-9,12H,3,10-11H2,1-2H3,(H,21,22,23). The summed E-state index contributed by atoms with van der Waals surface area (Å²) in [6.45, 7) is 5.13. The summed E-state index contributed by atoms with van der Waals surface area (Å²) in [4.78, 5) is 12.2. The van der Waals surface area contributed by atoms with Crippen LogP contribution in [0.1, 0.15) is 29.6 Å². The molecule has 0 aliphatic heterocycles. The van der Waals surface area contributed by atoms with E-state index in [-0.39, 0.29) is 11.6 Å². The van der Waals surface area contributed by atoms with Crippen molar-refractivity contribution in [1.82, 2.24) is 19.5 Å². The first-order valence-corrected chi connectivity index (χ1v) is 7.96. The lowest BCUT2D eigenvalue weighted by Gasteiger charge is -2.10. The van der Waals surface area contributed by atoms with E-state index >= 15 is 0 Å². The molecular formula is C18H20FN5. The number of nitrogens with one attached hydrogen (secondary N) is 1. The van der Waals surface area contributed by atoms with Gasteiger partial charge in [0.15, 0.2) is 11.6 Å². The Morgan fingerprint density at radius 3 is 2.75 bits per heavy atom. The van der Waals surface area contributed by atoms with E-state index in [2.05, 4.69) is 37.0 Å². The van der Waals surface area contributed by atoms with Gasteiger partial charge in [0.05, 0.1) is 5.69 Å². The van der Waals surface area contributed by atoms with Gasteiger partial charge in [0.2, 0.25) is 0 Å². The SMILES string of the molecule is CCc1ncnc(NCc2cccc(Cn3ccnc3C)c2)c1F. The largest absolute Gasteiger partial charge is 0.363 e. The van der Waals surface area contributed by atoms with E-state index in [0.717, 1.165) is 17.9 Å². The average Bonchev–Trinajstić information content (AvgIpc) is 2.99. The Morgan fingerprint density at radius 1 is 1.17 bits per heavy atom. The highest BCUT2D eigenvalue weighted by Gasteiger charge is 2.09. The zero-order chi connectivity index (χ0) is 16.9. The van der Waals surface area contributed by atoms with E-state index in [0.29, 0.717) is 18.7 Å². The molecule has 0 radical (unpaired) electrons. The fourth-order valence-electron chi connectivity index (χ4n) is 2.57. The smallest absolute Gasteiger partial charge is 0.186 e. The van der Waals surface area contributed by atoms with Crippen molar-refractivity contribution in [3.8, 4) is 0 Å². The van der Waals surface area contributed by atoms with Gasteiger partial charge in [-0.1, -0.05) is 31.2 Å². The molecule has 2 heterocycles. The molecule has 6 heteroatoms. The maximum Gasteiger partial charge on any atom is 0.186 e. The Kier molecular flexibility index (Phi) is 4.84. The van der Waals surface area contributed by atoms with Crippen LogP contribution in [0.15, 0.2) is 43.0 Å². The third-order valence-corrected chi connectivity index (χ3v) is 3.92. The van der Waals surface area contributed by atoms with Gasteiger partial charge in [-0.05, 0) is 24.5 Å². The molecule has 2 aromatic heterocycles. The van der Waals surface area contributed by atoms with E-state index in [9.17, 15) is 4.39 Å². The molecule has 0 saturated heterocycles. The molecule has 124 valence electrons. The number of halogens is 1. The monoisotopic (exact) mass is 325 g/mol. The molecule has 0 bridgehead atoms. The average molecular weight is 325 g/mol. The van der Waals surface area contributed by atoms with E-state index in [4.69, 9.17) is 0 Å².